The molecule has 0 saturated carbocycles. The van der Waals surface area contributed by atoms with Crippen molar-refractivity contribution in [3.05, 3.63) is 29.5 Å². The zero-order chi connectivity index (χ0) is 19.3. The molecule has 1 aromatic heterocycles. The van der Waals surface area contributed by atoms with Crippen molar-refractivity contribution < 1.29 is 27.5 Å². The lowest BCUT2D eigenvalue weighted by Gasteiger charge is -2.25. The Labute approximate surface area is 148 Å². The second-order valence-corrected chi connectivity index (χ2v) is 5.74. The number of esters is 1. The van der Waals surface area contributed by atoms with Crippen LogP contribution in [0.1, 0.15) is 12.7 Å². The van der Waals surface area contributed by atoms with Crippen LogP contribution in [0.2, 0.25) is 0 Å². The molecule has 2 N–H and O–H groups in total. The lowest BCUT2D eigenvalue weighted by atomic mass is 10.1. The Kier molecular flexibility index (Phi) is 6.24. The van der Waals surface area contributed by atoms with E-state index >= 15 is 0 Å². The van der Waals surface area contributed by atoms with E-state index in [-0.39, 0.29) is 37.6 Å². The third kappa shape index (κ3) is 5.48. The summed E-state index contributed by atoms with van der Waals surface area (Å²) in [6.45, 7) is 0.990. The van der Waals surface area contributed by atoms with Crippen LogP contribution in [0.3, 0.4) is 0 Å². The molecule has 2 rings (SSSR count). The van der Waals surface area contributed by atoms with E-state index in [1.54, 1.807) is 18.9 Å². The molecule has 1 aliphatic rings. The maximum absolute atomic E-state index is 12.6. The first-order valence-electron chi connectivity index (χ1n) is 7.89. The molecule has 0 radical (unpaired) electrons. The molecule has 0 spiro atoms. The van der Waals surface area contributed by atoms with Crippen molar-refractivity contribution in [2.75, 3.05) is 26.7 Å². The molecular weight excluding hydrogens is 355 g/mol. The Balaban J connectivity index is 2.10. The Bertz CT molecular complexity index is 699. The maximum atomic E-state index is 12.6. The summed E-state index contributed by atoms with van der Waals surface area (Å²) >= 11 is 0. The first kappa shape index (κ1) is 19.8. The van der Waals surface area contributed by atoms with Gasteiger partial charge in [-0.15, -0.1) is 0 Å². The number of nitrogens with zero attached hydrogens (tertiary/aromatic N) is 3. The number of rotatable bonds is 7. The number of amides is 2. The number of hydrogen-bond acceptors (Lipinski definition) is 5. The van der Waals surface area contributed by atoms with Crippen LogP contribution in [0.25, 0.3) is 0 Å². The molecule has 0 saturated heterocycles. The van der Waals surface area contributed by atoms with E-state index in [1.165, 1.54) is 12.4 Å². The SMILES string of the molecule is CCOC(=O)C1=C(CN(C)Cc2nccn2CC(F)(F)F)NC(=O)NC1. The van der Waals surface area contributed by atoms with Gasteiger partial charge in [0.2, 0.25) is 0 Å². The summed E-state index contributed by atoms with van der Waals surface area (Å²) in [5, 5.41) is 5.04. The van der Waals surface area contributed by atoms with Crippen molar-refractivity contribution in [3.8, 4) is 0 Å². The third-order valence-corrected chi connectivity index (χ3v) is 3.57. The smallest absolute Gasteiger partial charge is 0.406 e. The van der Waals surface area contributed by atoms with E-state index in [4.69, 9.17) is 4.74 Å². The highest BCUT2D eigenvalue weighted by molar-refractivity contribution is 5.93. The van der Waals surface area contributed by atoms with Crippen LogP contribution in [0.5, 0.6) is 0 Å². The summed E-state index contributed by atoms with van der Waals surface area (Å²) in [6.07, 6.45) is -1.80. The summed E-state index contributed by atoms with van der Waals surface area (Å²) in [6, 6.07) is -0.458. The minimum atomic E-state index is -4.35. The summed E-state index contributed by atoms with van der Waals surface area (Å²) in [5.74, 6) is -0.328. The lowest BCUT2D eigenvalue weighted by Crippen LogP contribution is -2.46. The maximum Gasteiger partial charge on any atom is 0.406 e. The van der Waals surface area contributed by atoms with Crippen LogP contribution < -0.4 is 10.6 Å². The standard InChI is InChI=1S/C15H20F3N5O3/c1-3-26-13(24)10-6-20-14(25)21-11(10)7-22(2)8-12-19-4-5-23(12)9-15(16,17)18/h4-5H,3,6-9H2,1-2H3,(H2,20,21,25). The van der Waals surface area contributed by atoms with Crippen molar-refractivity contribution in [3.63, 3.8) is 0 Å². The van der Waals surface area contributed by atoms with Gasteiger partial charge in [-0.25, -0.2) is 14.6 Å². The molecular formula is C15H20F3N5O3. The van der Waals surface area contributed by atoms with E-state index in [2.05, 4.69) is 15.6 Å². The first-order valence-corrected chi connectivity index (χ1v) is 7.89. The Morgan fingerprint density at radius 3 is 2.81 bits per heavy atom. The molecule has 0 atom stereocenters. The highest BCUT2D eigenvalue weighted by Gasteiger charge is 2.29. The minimum Gasteiger partial charge on any atom is -0.463 e. The van der Waals surface area contributed by atoms with E-state index in [1.807, 2.05) is 0 Å². The lowest BCUT2D eigenvalue weighted by molar-refractivity contribution is -0.141. The van der Waals surface area contributed by atoms with Crippen molar-refractivity contribution in [2.45, 2.75) is 26.2 Å². The zero-order valence-electron chi connectivity index (χ0n) is 14.4. The Hall–Kier alpha value is -2.56. The molecule has 1 aromatic rings. The number of halogens is 3. The van der Waals surface area contributed by atoms with Gasteiger partial charge in [-0.3, -0.25) is 4.90 Å². The second kappa shape index (κ2) is 8.21. The van der Waals surface area contributed by atoms with Crippen molar-refractivity contribution in [2.24, 2.45) is 0 Å². The molecule has 0 unspecified atom stereocenters. The van der Waals surface area contributed by atoms with Crippen LogP contribution in [0.15, 0.2) is 23.7 Å². The summed E-state index contributed by atoms with van der Waals surface area (Å²) < 4.78 is 43.7. The van der Waals surface area contributed by atoms with Crippen LogP contribution in [0, 0.1) is 0 Å². The molecule has 26 heavy (non-hydrogen) atoms. The molecule has 2 amide bonds. The first-order chi connectivity index (χ1) is 12.2. The fraction of sp³-hybridized carbons (Fsp3) is 0.533. The van der Waals surface area contributed by atoms with Crippen molar-refractivity contribution in [1.29, 1.82) is 0 Å². The largest absolute Gasteiger partial charge is 0.463 e. The van der Waals surface area contributed by atoms with E-state index in [0.717, 1.165) is 4.57 Å². The van der Waals surface area contributed by atoms with Crippen LogP contribution in [-0.4, -0.2) is 59.4 Å². The molecule has 144 valence electrons. The van der Waals surface area contributed by atoms with Crippen LogP contribution in [-0.2, 0) is 22.6 Å². The van der Waals surface area contributed by atoms with Crippen LogP contribution in [0.4, 0.5) is 18.0 Å². The number of nitrogens with one attached hydrogen (secondary N) is 2. The highest BCUT2D eigenvalue weighted by atomic mass is 19.4. The van der Waals surface area contributed by atoms with Crippen molar-refractivity contribution >= 4 is 12.0 Å². The summed E-state index contributed by atoms with van der Waals surface area (Å²) in [5.41, 5.74) is 0.626. The van der Waals surface area contributed by atoms with E-state index in [0.29, 0.717) is 5.70 Å². The predicted molar refractivity (Wildman–Crippen MR) is 84.8 cm³/mol. The average Bonchev–Trinajstić information content (AvgIpc) is 2.92. The fourth-order valence-electron chi connectivity index (χ4n) is 2.48. The molecule has 1 aliphatic heterocycles. The third-order valence-electron chi connectivity index (χ3n) is 3.57. The predicted octanol–water partition coefficient (Wildman–Crippen LogP) is 1.01. The number of urea groups is 1. The molecule has 0 aliphatic carbocycles. The van der Waals surface area contributed by atoms with Gasteiger partial charge in [-0.2, -0.15) is 13.2 Å². The number of carbonyl (C=O) groups is 2. The van der Waals surface area contributed by atoms with Gasteiger partial charge in [0.05, 0.1) is 25.3 Å². The molecule has 0 fully saturated rings. The van der Waals surface area contributed by atoms with Gasteiger partial charge in [0.25, 0.3) is 0 Å². The van der Waals surface area contributed by atoms with Gasteiger partial charge in [0.1, 0.15) is 12.4 Å². The molecule has 11 heteroatoms. The van der Waals surface area contributed by atoms with Gasteiger partial charge in [0, 0.05) is 24.6 Å². The highest BCUT2D eigenvalue weighted by Crippen LogP contribution is 2.19. The summed E-state index contributed by atoms with van der Waals surface area (Å²) in [7, 11) is 1.65. The normalized spacial score (nSPS) is 15.1. The molecule has 0 aromatic carbocycles. The van der Waals surface area contributed by atoms with E-state index < -0.39 is 24.7 Å². The van der Waals surface area contributed by atoms with Crippen molar-refractivity contribution in [1.82, 2.24) is 25.1 Å². The molecule has 8 nitrogen and oxygen atoms in total. The summed E-state index contributed by atoms with van der Waals surface area (Å²) in [4.78, 5) is 29.1. The second-order valence-electron chi connectivity index (χ2n) is 5.74. The zero-order valence-corrected chi connectivity index (χ0v) is 14.4. The molecule has 0 bridgehead atoms. The van der Waals surface area contributed by atoms with Gasteiger partial charge >= 0.3 is 18.2 Å². The number of likely N-dealkylation sites (N-methyl/N-ethyl adjacent to an activating group) is 1. The Morgan fingerprint density at radius 1 is 1.42 bits per heavy atom. The molecule has 2 heterocycles. The number of carbonyl (C=O) groups excluding carboxylic acids is 2. The van der Waals surface area contributed by atoms with Gasteiger partial charge < -0.3 is 19.9 Å². The number of imidazole rings is 1. The van der Waals surface area contributed by atoms with Gasteiger partial charge in [-0.05, 0) is 14.0 Å². The number of hydrogen-bond donors (Lipinski definition) is 2. The quantitative estimate of drug-likeness (QED) is 0.695. The van der Waals surface area contributed by atoms with E-state index in [9.17, 15) is 22.8 Å². The van der Waals surface area contributed by atoms with Crippen LogP contribution >= 0.6 is 0 Å². The monoisotopic (exact) mass is 375 g/mol. The number of ether oxygens (including phenoxy) is 1. The average molecular weight is 375 g/mol. The Morgan fingerprint density at radius 2 is 2.15 bits per heavy atom. The van der Waals surface area contributed by atoms with Gasteiger partial charge in [0.15, 0.2) is 0 Å². The minimum absolute atomic E-state index is 0.0243. The fourth-order valence-corrected chi connectivity index (χ4v) is 2.48. The number of aromatic nitrogens is 2. The number of alkyl halides is 3. The topological polar surface area (TPSA) is 88.5 Å². The van der Waals surface area contributed by atoms with Gasteiger partial charge in [-0.1, -0.05) is 0 Å².